The number of fused-ring (bicyclic) bond motifs is 12. The molecule has 6 aromatic rings. The van der Waals surface area contributed by atoms with Crippen molar-refractivity contribution in [3.05, 3.63) is 95.1 Å². The Bertz CT molecular complexity index is 2440. The van der Waals surface area contributed by atoms with Gasteiger partial charge in [-0.2, -0.15) is 0 Å². The lowest BCUT2D eigenvalue weighted by Crippen LogP contribution is -2.58. The number of carboxylic acid groups (broad SMARTS) is 2. The predicted octanol–water partition coefficient (Wildman–Crippen LogP) is 8.35. The number of para-hydroxylation sites is 2. The second-order valence-electron chi connectivity index (χ2n) is 18.0. The van der Waals surface area contributed by atoms with Crippen LogP contribution < -0.4 is 0 Å². The van der Waals surface area contributed by atoms with E-state index in [9.17, 15) is 30.0 Å². The Balaban J connectivity index is 1.22. The first-order valence-corrected chi connectivity index (χ1v) is 19.7. The molecule has 4 aliphatic rings. The molecule has 54 heavy (non-hydrogen) atoms. The number of hydrogen-bond acceptors (Lipinski definition) is 4. The van der Waals surface area contributed by atoms with Crippen LogP contribution in [0.2, 0.25) is 0 Å². The van der Waals surface area contributed by atoms with E-state index in [0.717, 1.165) is 69.3 Å². The van der Waals surface area contributed by atoms with Gasteiger partial charge in [0.25, 0.3) is 0 Å². The van der Waals surface area contributed by atoms with Gasteiger partial charge in [-0.05, 0) is 147 Å². The molecule has 4 aliphatic carbocycles. The molecule has 2 fully saturated rings. The Labute approximate surface area is 314 Å². The lowest BCUT2D eigenvalue weighted by Gasteiger charge is -2.55. The minimum Gasteiger partial charge on any atom is -0.481 e. The first-order valence-electron chi connectivity index (χ1n) is 19.7. The first kappa shape index (κ1) is 33.9. The molecule has 8 heteroatoms. The average molecular weight is 725 g/mol. The Hall–Kier alpha value is -4.66. The number of nitrogens with zero attached hydrogens (tertiary/aromatic N) is 2. The van der Waals surface area contributed by atoms with Gasteiger partial charge in [0.05, 0.1) is 45.1 Å². The maximum atomic E-state index is 12.8. The van der Waals surface area contributed by atoms with E-state index in [1.54, 1.807) is 13.8 Å². The number of rotatable bonds is 3. The van der Waals surface area contributed by atoms with E-state index in [1.807, 2.05) is 0 Å². The van der Waals surface area contributed by atoms with Crippen molar-refractivity contribution in [2.45, 2.75) is 102 Å². The summed E-state index contributed by atoms with van der Waals surface area (Å²) in [6.07, 6.45) is 3.53. The molecule has 0 unspecified atom stereocenters. The number of aliphatic carboxylic acids is 2. The van der Waals surface area contributed by atoms with E-state index in [1.165, 1.54) is 22.3 Å². The van der Waals surface area contributed by atoms with Gasteiger partial charge in [-0.25, -0.2) is 9.35 Å². The minimum absolute atomic E-state index is 0.185. The number of benzene rings is 4. The second-order valence-corrected chi connectivity index (χ2v) is 18.0. The third-order valence-corrected chi connectivity index (χ3v) is 15.7. The fourth-order valence-corrected chi connectivity index (χ4v) is 12.7. The highest BCUT2D eigenvalue weighted by Gasteiger charge is 2.61. The molecule has 0 amide bonds. The zero-order valence-electron chi connectivity index (χ0n) is 31.4. The number of aliphatic hydroxyl groups is 2. The SMILES string of the molecule is C[C@]1(C(=O)O)[C@H]2CCc3cc4c(cc3[C@@]2(C)CC[C@@H]1O)c1ccccc1n4-n1c2ccccc2c2cc3c(cc21)CC[C@H]1[C@](C)(C(=O)O)[C@@H](O)CC[C@@]31C. The van der Waals surface area contributed by atoms with E-state index >= 15 is 0 Å². The van der Waals surface area contributed by atoms with Crippen molar-refractivity contribution in [2.24, 2.45) is 22.7 Å². The maximum Gasteiger partial charge on any atom is 0.312 e. The highest BCUT2D eigenvalue weighted by Crippen LogP contribution is 2.60. The number of aryl methyl sites for hydroxylation is 2. The molecular formula is C46H48N2O6. The van der Waals surface area contributed by atoms with Crippen LogP contribution in [0.15, 0.2) is 72.8 Å². The molecule has 0 radical (unpaired) electrons. The van der Waals surface area contributed by atoms with Crippen LogP contribution in [-0.4, -0.2) is 53.9 Å². The summed E-state index contributed by atoms with van der Waals surface area (Å²) in [4.78, 5) is 25.6. The van der Waals surface area contributed by atoms with Crippen molar-refractivity contribution in [1.82, 2.24) is 9.35 Å². The molecule has 0 spiro atoms. The lowest BCUT2D eigenvalue weighted by molar-refractivity contribution is -0.172. The molecule has 0 saturated heterocycles. The Morgan fingerprint density at radius 2 is 0.944 bits per heavy atom. The zero-order valence-corrected chi connectivity index (χ0v) is 31.4. The van der Waals surface area contributed by atoms with Gasteiger partial charge in [-0.3, -0.25) is 9.59 Å². The molecule has 2 aromatic heterocycles. The van der Waals surface area contributed by atoms with Crippen LogP contribution in [0.3, 0.4) is 0 Å². The number of aromatic nitrogens is 2. The van der Waals surface area contributed by atoms with Gasteiger partial charge in [-0.15, -0.1) is 0 Å². The van der Waals surface area contributed by atoms with Crippen LogP contribution >= 0.6 is 0 Å². The van der Waals surface area contributed by atoms with Crippen LogP contribution in [-0.2, 0) is 33.3 Å². The van der Waals surface area contributed by atoms with Gasteiger partial charge in [-0.1, -0.05) is 50.2 Å². The molecule has 8 atom stereocenters. The number of carbonyl (C=O) groups is 2. The Morgan fingerprint density at radius 1 is 0.556 bits per heavy atom. The summed E-state index contributed by atoms with van der Waals surface area (Å²) >= 11 is 0. The fourth-order valence-electron chi connectivity index (χ4n) is 12.7. The fraction of sp³-hybridized carbons (Fsp3) is 0.435. The van der Waals surface area contributed by atoms with Gasteiger partial charge in [0, 0.05) is 21.5 Å². The third-order valence-electron chi connectivity index (χ3n) is 15.7. The van der Waals surface area contributed by atoms with E-state index in [2.05, 4.69) is 96.0 Å². The summed E-state index contributed by atoms with van der Waals surface area (Å²) in [5, 5.41) is 47.6. The number of hydrogen-bond donors (Lipinski definition) is 4. The summed E-state index contributed by atoms with van der Waals surface area (Å²) in [5.74, 6) is -2.20. The normalized spacial score (nSPS) is 33.4. The van der Waals surface area contributed by atoms with E-state index in [4.69, 9.17) is 0 Å². The van der Waals surface area contributed by atoms with Crippen LogP contribution in [0, 0.1) is 22.7 Å². The van der Waals surface area contributed by atoms with E-state index < -0.39 is 35.0 Å². The smallest absolute Gasteiger partial charge is 0.312 e. The summed E-state index contributed by atoms with van der Waals surface area (Å²) < 4.78 is 4.74. The van der Waals surface area contributed by atoms with Crippen LogP contribution in [0.4, 0.5) is 0 Å². The van der Waals surface area contributed by atoms with Gasteiger partial charge < -0.3 is 20.4 Å². The molecule has 4 N–H and O–H groups in total. The average Bonchev–Trinajstić information content (AvgIpc) is 3.64. The number of aliphatic hydroxyl groups excluding tert-OH is 2. The van der Waals surface area contributed by atoms with Crippen molar-refractivity contribution >= 4 is 55.6 Å². The monoisotopic (exact) mass is 724 g/mol. The minimum atomic E-state index is -1.21. The molecule has 2 saturated carbocycles. The molecule has 0 aliphatic heterocycles. The van der Waals surface area contributed by atoms with Crippen molar-refractivity contribution in [1.29, 1.82) is 0 Å². The molecule has 278 valence electrons. The maximum absolute atomic E-state index is 12.8. The first-order chi connectivity index (χ1) is 25.7. The molecule has 0 bridgehead atoms. The second kappa shape index (κ2) is 11.0. The van der Waals surface area contributed by atoms with Crippen molar-refractivity contribution < 1.29 is 30.0 Å². The lowest BCUT2D eigenvalue weighted by atomic mass is 9.49. The summed E-state index contributed by atoms with van der Waals surface area (Å²) in [5.41, 5.74) is 6.06. The predicted molar refractivity (Wildman–Crippen MR) is 210 cm³/mol. The third kappa shape index (κ3) is 4.00. The standard InChI is InChI=1S/C46H48N2O6/c1-43-19-17-39(49)45(3,41(51)52)37(43)15-13-25-21-35-29(23-31(25)43)27-9-5-7-11-33(27)47(35)48-34-12-8-6-10-28(34)30-24-32-26(22-36(30)48)14-16-38-44(32,2)20-18-40(50)46(38,4)42(53)54/h5-12,21-24,37-40,49-50H,13-20H2,1-4H3,(H,51,52)(H,53,54)/t37-,38+,39-,40-,43+,44-,45-,46-/m0/s1. The Morgan fingerprint density at radius 3 is 1.33 bits per heavy atom. The molecule has 8 nitrogen and oxygen atoms in total. The van der Waals surface area contributed by atoms with Crippen LogP contribution in [0.5, 0.6) is 0 Å². The zero-order chi connectivity index (χ0) is 37.7. The van der Waals surface area contributed by atoms with Gasteiger partial charge in [0.1, 0.15) is 0 Å². The topological polar surface area (TPSA) is 125 Å². The van der Waals surface area contributed by atoms with Gasteiger partial charge >= 0.3 is 11.9 Å². The molecule has 4 aromatic carbocycles. The van der Waals surface area contributed by atoms with Crippen LogP contribution in [0.25, 0.3) is 43.6 Å². The highest BCUT2D eigenvalue weighted by atomic mass is 16.4. The van der Waals surface area contributed by atoms with E-state index in [-0.39, 0.29) is 22.7 Å². The quantitative estimate of drug-likeness (QED) is 0.146. The van der Waals surface area contributed by atoms with Gasteiger partial charge in [0.15, 0.2) is 0 Å². The summed E-state index contributed by atoms with van der Waals surface area (Å²) in [7, 11) is 0. The molecule has 10 rings (SSSR count). The summed E-state index contributed by atoms with van der Waals surface area (Å²) in [6.45, 7) is 7.95. The van der Waals surface area contributed by atoms with Crippen molar-refractivity contribution in [2.75, 3.05) is 0 Å². The largest absolute Gasteiger partial charge is 0.481 e. The van der Waals surface area contributed by atoms with E-state index in [0.29, 0.717) is 25.7 Å². The van der Waals surface area contributed by atoms with Crippen LogP contribution in [0.1, 0.15) is 88.5 Å². The summed E-state index contributed by atoms with van der Waals surface area (Å²) in [6, 6.07) is 26.4. The molecular weight excluding hydrogens is 677 g/mol. The van der Waals surface area contributed by atoms with Crippen molar-refractivity contribution in [3.8, 4) is 0 Å². The Kier molecular flexibility index (Phi) is 6.89. The van der Waals surface area contributed by atoms with Crippen molar-refractivity contribution in [3.63, 3.8) is 0 Å². The molecule has 2 heterocycles. The van der Waals surface area contributed by atoms with Gasteiger partial charge in [0.2, 0.25) is 0 Å². The highest BCUT2D eigenvalue weighted by molar-refractivity contribution is 6.12. The number of carboxylic acids is 2.